The van der Waals surface area contributed by atoms with E-state index in [1.165, 1.54) is 0 Å². The van der Waals surface area contributed by atoms with E-state index in [4.69, 9.17) is 15.2 Å². The average molecular weight is 207 g/mol. The van der Waals surface area contributed by atoms with Crippen molar-refractivity contribution in [3.63, 3.8) is 0 Å². The topological polar surface area (TPSA) is 61.6 Å². The first kappa shape index (κ1) is 9.83. The second-order valence-corrected chi connectivity index (χ2v) is 3.53. The molecule has 2 rings (SSSR count). The maximum Gasteiger partial charge on any atom is 0.347 e. The average Bonchev–Trinajstić information content (AvgIpc) is 2.60. The monoisotopic (exact) mass is 207 g/mol. The Balaban J connectivity index is 2.17. The number of benzene rings is 1. The summed E-state index contributed by atoms with van der Waals surface area (Å²) >= 11 is 0. The van der Waals surface area contributed by atoms with E-state index in [2.05, 4.69) is 0 Å². The highest BCUT2D eigenvalue weighted by atomic mass is 16.6. The van der Waals surface area contributed by atoms with Crippen molar-refractivity contribution in [3.8, 4) is 5.75 Å². The molecule has 1 aromatic carbocycles. The lowest BCUT2D eigenvalue weighted by atomic mass is 10.2. The number of hydrogen-bond donors (Lipinski definition) is 1. The minimum atomic E-state index is -0.481. The van der Waals surface area contributed by atoms with Crippen molar-refractivity contribution in [2.75, 3.05) is 12.3 Å². The number of rotatable bonds is 2. The Labute approximate surface area is 88.0 Å². The lowest BCUT2D eigenvalue weighted by Crippen LogP contribution is -2.22. The standard InChI is InChI=1S/C11H13NO3/c1-7-8(12)3-2-4-9(7)15-10-5-6-14-11(10)13/h2-4,10H,5-6,12H2,1H3. The van der Waals surface area contributed by atoms with E-state index in [9.17, 15) is 4.79 Å². The van der Waals surface area contributed by atoms with Gasteiger partial charge in [-0.15, -0.1) is 0 Å². The Kier molecular flexibility index (Phi) is 2.49. The second kappa shape index (κ2) is 3.81. The van der Waals surface area contributed by atoms with Crippen LogP contribution in [0.2, 0.25) is 0 Å². The summed E-state index contributed by atoms with van der Waals surface area (Å²) in [6, 6.07) is 5.41. The zero-order valence-corrected chi connectivity index (χ0v) is 8.53. The molecule has 1 atom stereocenters. The van der Waals surface area contributed by atoms with E-state index in [0.717, 1.165) is 5.56 Å². The Hall–Kier alpha value is -1.71. The van der Waals surface area contributed by atoms with Gasteiger partial charge in [0.05, 0.1) is 6.61 Å². The highest BCUT2D eigenvalue weighted by molar-refractivity contribution is 5.77. The zero-order chi connectivity index (χ0) is 10.8. The number of anilines is 1. The molecule has 4 nitrogen and oxygen atoms in total. The summed E-state index contributed by atoms with van der Waals surface area (Å²) in [5, 5.41) is 0. The molecule has 4 heteroatoms. The summed E-state index contributed by atoms with van der Waals surface area (Å²) in [6.07, 6.45) is 0.123. The molecule has 15 heavy (non-hydrogen) atoms. The predicted octanol–water partition coefficient (Wildman–Crippen LogP) is 1.27. The van der Waals surface area contributed by atoms with Gasteiger partial charge in [-0.25, -0.2) is 4.79 Å². The summed E-state index contributed by atoms with van der Waals surface area (Å²) in [5.74, 6) is 0.357. The van der Waals surface area contributed by atoms with Gasteiger partial charge in [-0.3, -0.25) is 0 Å². The molecule has 0 saturated carbocycles. The third-order valence-corrected chi connectivity index (χ3v) is 2.48. The lowest BCUT2D eigenvalue weighted by molar-refractivity contribution is -0.143. The van der Waals surface area contributed by atoms with Crippen LogP contribution in [-0.4, -0.2) is 18.7 Å². The summed E-state index contributed by atoms with van der Waals surface area (Å²) < 4.78 is 10.4. The normalized spacial score (nSPS) is 20.1. The van der Waals surface area contributed by atoms with Gasteiger partial charge >= 0.3 is 5.97 Å². The van der Waals surface area contributed by atoms with Gasteiger partial charge in [-0.1, -0.05) is 6.07 Å². The fraction of sp³-hybridized carbons (Fsp3) is 0.364. The van der Waals surface area contributed by atoms with Crippen molar-refractivity contribution < 1.29 is 14.3 Å². The molecule has 0 radical (unpaired) electrons. The van der Waals surface area contributed by atoms with E-state index in [1.807, 2.05) is 6.92 Å². The van der Waals surface area contributed by atoms with Crippen LogP contribution in [0.5, 0.6) is 5.75 Å². The van der Waals surface area contributed by atoms with Gasteiger partial charge in [0.15, 0.2) is 6.10 Å². The Morgan fingerprint density at radius 3 is 3.00 bits per heavy atom. The fourth-order valence-electron chi connectivity index (χ4n) is 1.50. The van der Waals surface area contributed by atoms with Crippen LogP contribution in [0.15, 0.2) is 18.2 Å². The zero-order valence-electron chi connectivity index (χ0n) is 8.53. The van der Waals surface area contributed by atoms with Crippen molar-refractivity contribution in [3.05, 3.63) is 23.8 Å². The van der Waals surface area contributed by atoms with Gasteiger partial charge in [-0.2, -0.15) is 0 Å². The molecule has 1 aromatic rings. The number of hydrogen-bond acceptors (Lipinski definition) is 4. The van der Waals surface area contributed by atoms with E-state index in [0.29, 0.717) is 24.5 Å². The molecule has 0 bridgehead atoms. The molecule has 1 unspecified atom stereocenters. The van der Waals surface area contributed by atoms with Crippen LogP contribution in [0.1, 0.15) is 12.0 Å². The summed E-state index contributed by atoms with van der Waals surface area (Å²) in [4.78, 5) is 11.2. The maximum atomic E-state index is 11.2. The molecule has 0 spiro atoms. The van der Waals surface area contributed by atoms with E-state index in [-0.39, 0.29) is 5.97 Å². The fourth-order valence-corrected chi connectivity index (χ4v) is 1.50. The smallest absolute Gasteiger partial charge is 0.347 e. The molecule has 1 fully saturated rings. The number of ether oxygens (including phenoxy) is 2. The molecule has 1 saturated heterocycles. The van der Waals surface area contributed by atoms with Crippen LogP contribution in [0.25, 0.3) is 0 Å². The van der Waals surface area contributed by atoms with Crippen molar-refractivity contribution in [1.29, 1.82) is 0 Å². The number of cyclic esters (lactones) is 1. The van der Waals surface area contributed by atoms with Gasteiger partial charge in [0.25, 0.3) is 0 Å². The number of nitrogen functional groups attached to an aromatic ring is 1. The quantitative estimate of drug-likeness (QED) is 0.586. The first-order valence-corrected chi connectivity index (χ1v) is 4.87. The molecule has 1 aliphatic heterocycles. The molecule has 0 aliphatic carbocycles. The molecule has 2 N–H and O–H groups in total. The van der Waals surface area contributed by atoms with Crippen molar-refractivity contribution in [1.82, 2.24) is 0 Å². The third-order valence-electron chi connectivity index (χ3n) is 2.48. The van der Waals surface area contributed by atoms with Crippen molar-refractivity contribution in [2.24, 2.45) is 0 Å². The van der Waals surface area contributed by atoms with Crippen LogP contribution in [0.4, 0.5) is 5.69 Å². The minimum Gasteiger partial charge on any atom is -0.478 e. The Morgan fingerprint density at radius 1 is 1.53 bits per heavy atom. The van der Waals surface area contributed by atoms with Crippen molar-refractivity contribution >= 4 is 11.7 Å². The van der Waals surface area contributed by atoms with E-state index >= 15 is 0 Å². The lowest BCUT2D eigenvalue weighted by Gasteiger charge is -2.13. The van der Waals surface area contributed by atoms with Crippen LogP contribution in [0.3, 0.4) is 0 Å². The first-order valence-electron chi connectivity index (χ1n) is 4.87. The highest BCUT2D eigenvalue weighted by Gasteiger charge is 2.28. The largest absolute Gasteiger partial charge is 0.478 e. The number of carbonyl (C=O) groups excluding carboxylic acids is 1. The molecule has 80 valence electrons. The molecule has 0 amide bonds. The van der Waals surface area contributed by atoms with Crippen LogP contribution in [0, 0.1) is 6.92 Å². The minimum absolute atomic E-state index is 0.295. The Bertz CT molecular complexity index is 389. The van der Waals surface area contributed by atoms with E-state index < -0.39 is 6.10 Å². The first-order chi connectivity index (χ1) is 7.18. The van der Waals surface area contributed by atoms with Gasteiger partial charge in [0.2, 0.25) is 0 Å². The Morgan fingerprint density at radius 2 is 2.33 bits per heavy atom. The number of carbonyl (C=O) groups is 1. The summed E-state index contributed by atoms with van der Waals surface area (Å²) in [5.41, 5.74) is 7.26. The van der Waals surface area contributed by atoms with Gasteiger partial charge in [0.1, 0.15) is 5.75 Å². The summed E-state index contributed by atoms with van der Waals surface area (Å²) in [7, 11) is 0. The van der Waals surface area contributed by atoms with Gasteiger partial charge < -0.3 is 15.2 Å². The van der Waals surface area contributed by atoms with Crippen LogP contribution in [-0.2, 0) is 9.53 Å². The maximum absolute atomic E-state index is 11.2. The van der Waals surface area contributed by atoms with Crippen LogP contribution < -0.4 is 10.5 Å². The second-order valence-electron chi connectivity index (χ2n) is 3.53. The molecule has 1 heterocycles. The van der Waals surface area contributed by atoms with Gasteiger partial charge in [0, 0.05) is 17.7 Å². The van der Waals surface area contributed by atoms with Gasteiger partial charge in [-0.05, 0) is 19.1 Å². The number of nitrogens with two attached hydrogens (primary N) is 1. The predicted molar refractivity (Wildman–Crippen MR) is 55.6 cm³/mol. The highest BCUT2D eigenvalue weighted by Crippen LogP contribution is 2.25. The summed E-state index contributed by atoms with van der Waals surface area (Å²) in [6.45, 7) is 2.30. The molecule has 1 aliphatic rings. The van der Waals surface area contributed by atoms with Crippen molar-refractivity contribution in [2.45, 2.75) is 19.4 Å². The SMILES string of the molecule is Cc1c(N)cccc1OC1CCOC1=O. The number of esters is 1. The molecular formula is C11H13NO3. The molecular weight excluding hydrogens is 194 g/mol. The van der Waals surface area contributed by atoms with E-state index in [1.54, 1.807) is 18.2 Å². The third kappa shape index (κ3) is 1.88. The molecule has 0 aromatic heterocycles. The van der Waals surface area contributed by atoms with Crippen LogP contribution >= 0.6 is 0 Å².